The van der Waals surface area contributed by atoms with Gasteiger partial charge in [0.25, 0.3) is 6.20 Å². The summed E-state index contributed by atoms with van der Waals surface area (Å²) in [5.74, 6) is 0.555. The molecule has 2 heterocycles. The predicted octanol–water partition coefficient (Wildman–Crippen LogP) is 0.967. The molecule has 27 heavy (non-hydrogen) atoms. The lowest BCUT2D eigenvalue weighted by molar-refractivity contribution is -0.759. The lowest BCUT2D eigenvalue weighted by Crippen LogP contribution is -2.65. The number of aromatic nitrogens is 2. The average molecular weight is 411 g/mol. The molecule has 1 aromatic heterocycles. The number of nitrogens with zero attached hydrogens (tertiary/aromatic N) is 4. The molecule has 10 heteroatoms. The van der Waals surface area contributed by atoms with Crippen LogP contribution in [0.1, 0.15) is 10.4 Å². The van der Waals surface area contributed by atoms with Crippen molar-refractivity contribution in [3.63, 3.8) is 0 Å². The maximum absolute atomic E-state index is 12.0. The van der Waals surface area contributed by atoms with Gasteiger partial charge in [-0.1, -0.05) is 42.1 Å². The molecule has 0 unspecified atom stereocenters. The minimum atomic E-state index is -0.320. The second kappa shape index (κ2) is 9.72. The molecule has 0 bridgehead atoms. The van der Waals surface area contributed by atoms with E-state index in [0.717, 1.165) is 44.5 Å². The molecule has 1 saturated heterocycles. The molecule has 8 nitrogen and oxygen atoms in total. The van der Waals surface area contributed by atoms with Crippen molar-refractivity contribution < 1.29 is 18.9 Å². The largest absolute Gasteiger partial charge is 0.305 e. The molecule has 1 aliphatic rings. The molecule has 0 aliphatic carbocycles. The Kier molecular flexibility index (Phi) is 7.08. The maximum atomic E-state index is 12.0. The Labute approximate surface area is 166 Å². The molecule has 1 fully saturated rings. The van der Waals surface area contributed by atoms with Crippen LogP contribution in [0.25, 0.3) is 0 Å². The van der Waals surface area contributed by atoms with Crippen LogP contribution in [0.15, 0.2) is 41.1 Å². The molecular weight excluding hydrogens is 390 g/mol. The fourth-order valence-corrected chi connectivity index (χ4v) is 3.55. The van der Waals surface area contributed by atoms with E-state index in [9.17, 15) is 9.59 Å². The standard InChI is InChI=1S/C17H20ClN5O3S/c18-6-7-21-8-10-22(11-9-21)23-12-16(26-20-23)19-15(24)13-27-17(25)14-4-2-1-3-5-14/h1-5,12H,6-11,13H2/p+1. The van der Waals surface area contributed by atoms with Gasteiger partial charge in [0.05, 0.1) is 23.6 Å². The Morgan fingerprint density at radius 2 is 1.96 bits per heavy atom. The van der Waals surface area contributed by atoms with E-state index in [1.807, 2.05) is 11.1 Å². The Balaban J connectivity index is 1.45. The van der Waals surface area contributed by atoms with E-state index in [1.165, 1.54) is 0 Å². The highest BCUT2D eigenvalue weighted by Gasteiger charge is 2.26. The first-order valence-electron chi connectivity index (χ1n) is 8.60. The lowest BCUT2D eigenvalue weighted by atomic mass is 10.2. The van der Waals surface area contributed by atoms with Crippen LogP contribution in [0.2, 0.25) is 0 Å². The number of carbonyl (C=O) groups excluding carboxylic acids is 2. The SMILES string of the molecule is O=C(CSC(=O)c1ccccc1)Nc1c[n+](N2CCN(CCCl)CC2)no1. The monoisotopic (exact) mass is 410 g/mol. The average Bonchev–Trinajstić information content (AvgIpc) is 3.16. The number of hydrogen-bond donors (Lipinski definition) is 1. The molecule has 2 aromatic rings. The molecule has 0 radical (unpaired) electrons. The van der Waals surface area contributed by atoms with Crippen molar-refractivity contribution in [2.24, 2.45) is 0 Å². The summed E-state index contributed by atoms with van der Waals surface area (Å²) in [6.07, 6.45) is 1.62. The molecule has 1 amide bonds. The Morgan fingerprint density at radius 3 is 2.67 bits per heavy atom. The molecule has 1 aromatic carbocycles. The van der Waals surface area contributed by atoms with Crippen molar-refractivity contribution in [2.75, 3.05) is 54.7 Å². The van der Waals surface area contributed by atoms with Gasteiger partial charge in [-0.3, -0.25) is 24.3 Å². The van der Waals surface area contributed by atoms with E-state index in [0.29, 0.717) is 11.4 Å². The third kappa shape index (κ3) is 5.69. The summed E-state index contributed by atoms with van der Waals surface area (Å²) in [6, 6.07) is 8.86. The normalized spacial score (nSPS) is 14.9. The number of anilines is 1. The van der Waals surface area contributed by atoms with Crippen LogP contribution in [0.4, 0.5) is 5.88 Å². The molecule has 144 valence electrons. The number of thioether (sulfide) groups is 1. The van der Waals surface area contributed by atoms with Crippen molar-refractivity contribution in [3.05, 3.63) is 42.1 Å². The van der Waals surface area contributed by atoms with Crippen LogP contribution in [0.3, 0.4) is 0 Å². The molecular formula is C17H21ClN5O3S+. The van der Waals surface area contributed by atoms with Crippen LogP contribution in [-0.4, -0.2) is 65.6 Å². The summed E-state index contributed by atoms with van der Waals surface area (Å²) in [7, 11) is 0. The highest BCUT2D eigenvalue weighted by Crippen LogP contribution is 2.12. The van der Waals surface area contributed by atoms with Gasteiger partial charge in [-0.25, -0.2) is 0 Å². The van der Waals surface area contributed by atoms with Gasteiger partial charge in [-0.05, 0) is 0 Å². The zero-order chi connectivity index (χ0) is 19.1. The summed E-state index contributed by atoms with van der Waals surface area (Å²) in [5.41, 5.74) is 0.570. The van der Waals surface area contributed by atoms with E-state index in [4.69, 9.17) is 16.1 Å². The number of halogens is 1. The third-order valence-corrected chi connectivity index (χ3v) is 5.17. The van der Waals surface area contributed by atoms with Crippen LogP contribution < -0.4 is 15.1 Å². The number of piperazine rings is 1. The van der Waals surface area contributed by atoms with Gasteiger partial charge in [0, 0.05) is 31.1 Å². The van der Waals surface area contributed by atoms with E-state index in [1.54, 1.807) is 35.3 Å². The van der Waals surface area contributed by atoms with Crippen LogP contribution >= 0.6 is 23.4 Å². The van der Waals surface area contributed by atoms with Crippen molar-refractivity contribution in [2.45, 2.75) is 0 Å². The quantitative estimate of drug-likeness (QED) is 0.537. The highest BCUT2D eigenvalue weighted by molar-refractivity contribution is 8.14. The van der Waals surface area contributed by atoms with Gasteiger partial charge < -0.3 is 0 Å². The fourth-order valence-electron chi connectivity index (χ4n) is 2.67. The summed E-state index contributed by atoms with van der Waals surface area (Å²) in [4.78, 5) is 27.9. The predicted molar refractivity (Wildman–Crippen MR) is 104 cm³/mol. The highest BCUT2D eigenvalue weighted by atomic mass is 35.5. The van der Waals surface area contributed by atoms with Crippen molar-refractivity contribution in [1.29, 1.82) is 0 Å². The second-order valence-corrected chi connectivity index (χ2v) is 7.29. The Morgan fingerprint density at radius 1 is 1.22 bits per heavy atom. The molecule has 1 N–H and O–H groups in total. The molecule has 0 atom stereocenters. The van der Waals surface area contributed by atoms with Crippen molar-refractivity contribution in [1.82, 2.24) is 10.2 Å². The van der Waals surface area contributed by atoms with E-state index < -0.39 is 0 Å². The Hall–Kier alpha value is -2.10. The summed E-state index contributed by atoms with van der Waals surface area (Å²) < 4.78 is 5.16. The third-order valence-electron chi connectivity index (χ3n) is 4.10. The van der Waals surface area contributed by atoms with E-state index in [2.05, 4.69) is 15.5 Å². The maximum Gasteiger partial charge on any atom is 0.305 e. The van der Waals surface area contributed by atoms with Gasteiger partial charge in [-0.15, -0.1) is 11.6 Å². The number of carbonyl (C=O) groups is 2. The number of rotatable bonds is 7. The van der Waals surface area contributed by atoms with Gasteiger partial charge in [0.15, 0.2) is 0 Å². The minimum Gasteiger partial charge on any atom is -0.298 e. The van der Waals surface area contributed by atoms with Crippen molar-refractivity contribution >= 4 is 40.3 Å². The first-order valence-corrected chi connectivity index (χ1v) is 10.1. The topological polar surface area (TPSA) is 82.6 Å². The molecule has 0 saturated carbocycles. The van der Waals surface area contributed by atoms with Crippen molar-refractivity contribution in [3.8, 4) is 0 Å². The molecule has 3 rings (SSSR count). The zero-order valence-electron chi connectivity index (χ0n) is 14.7. The van der Waals surface area contributed by atoms with Gasteiger partial charge in [-0.2, -0.15) is 5.01 Å². The molecule has 0 spiro atoms. The number of benzene rings is 1. The van der Waals surface area contributed by atoms with Crippen LogP contribution in [0.5, 0.6) is 0 Å². The van der Waals surface area contributed by atoms with E-state index in [-0.39, 0.29) is 22.7 Å². The first kappa shape index (κ1) is 19.7. The lowest BCUT2D eigenvalue weighted by Gasteiger charge is -2.29. The number of alkyl halides is 1. The van der Waals surface area contributed by atoms with Gasteiger partial charge in [0.1, 0.15) is 0 Å². The second-order valence-electron chi connectivity index (χ2n) is 5.96. The zero-order valence-corrected chi connectivity index (χ0v) is 16.3. The molecule has 1 aliphatic heterocycles. The van der Waals surface area contributed by atoms with E-state index >= 15 is 0 Å². The van der Waals surface area contributed by atoms with Crippen LogP contribution in [-0.2, 0) is 4.79 Å². The minimum absolute atomic E-state index is 0.00548. The summed E-state index contributed by atoms with van der Waals surface area (Å²) in [6.45, 7) is 4.25. The van der Waals surface area contributed by atoms with Crippen LogP contribution in [0, 0.1) is 0 Å². The first-order chi connectivity index (χ1) is 13.2. The Bertz CT molecular complexity index is 765. The summed E-state index contributed by atoms with van der Waals surface area (Å²) in [5, 5.41) is 8.44. The van der Waals surface area contributed by atoms with Gasteiger partial charge >= 0.3 is 5.88 Å². The number of amides is 1. The summed E-state index contributed by atoms with van der Waals surface area (Å²) >= 11 is 6.72. The number of hydrogen-bond acceptors (Lipinski definition) is 7. The van der Waals surface area contributed by atoms with Gasteiger partial charge in [0.2, 0.25) is 16.3 Å². The fraction of sp³-hybridized carbons (Fsp3) is 0.412. The number of nitrogens with one attached hydrogen (secondary N) is 1. The smallest absolute Gasteiger partial charge is 0.298 e.